The van der Waals surface area contributed by atoms with E-state index in [1.807, 2.05) is 0 Å². The Morgan fingerprint density at radius 1 is 1.37 bits per heavy atom. The zero-order chi connectivity index (χ0) is 14.6. The van der Waals surface area contributed by atoms with Gasteiger partial charge in [-0.1, -0.05) is 0 Å². The van der Waals surface area contributed by atoms with Crippen molar-refractivity contribution >= 4 is 18.0 Å². The summed E-state index contributed by atoms with van der Waals surface area (Å²) in [7, 11) is 0. The monoisotopic (exact) mass is 270 g/mol. The number of hydrogen-bond donors (Lipinski definition) is 1. The average molecular weight is 270 g/mol. The van der Waals surface area contributed by atoms with E-state index in [1.54, 1.807) is 27.7 Å². The van der Waals surface area contributed by atoms with Gasteiger partial charge in [0.25, 0.3) is 0 Å². The van der Waals surface area contributed by atoms with E-state index in [0.29, 0.717) is 0 Å². The van der Waals surface area contributed by atoms with Crippen LogP contribution in [0.25, 0.3) is 0 Å². The van der Waals surface area contributed by atoms with Crippen molar-refractivity contribution in [1.29, 1.82) is 0 Å². The van der Waals surface area contributed by atoms with Crippen LogP contribution in [0.4, 0.5) is 10.7 Å². The molecule has 0 bridgehead atoms. The zero-order valence-electron chi connectivity index (χ0n) is 11.5. The van der Waals surface area contributed by atoms with E-state index in [4.69, 9.17) is 15.2 Å². The molecule has 8 nitrogen and oxygen atoms in total. The molecule has 1 heterocycles. The number of carbonyl (C=O) groups is 2. The smallest absolute Gasteiger partial charge is 0.438 e. The lowest BCUT2D eigenvalue weighted by molar-refractivity contribution is -0.142. The van der Waals surface area contributed by atoms with E-state index in [0.717, 1.165) is 4.68 Å². The molecule has 19 heavy (non-hydrogen) atoms. The minimum absolute atomic E-state index is 0.113. The maximum atomic E-state index is 11.7. The van der Waals surface area contributed by atoms with Crippen molar-refractivity contribution in [2.45, 2.75) is 39.7 Å². The Balaban J connectivity index is 2.79. The number of nitrogens with two attached hydrogens (primary N) is 1. The standard InChI is InChI=1S/C11H18N4O4/c1-5-18-8(16)6-7-13-9(12)15(14-7)10(17)19-11(2,3)4/h5-6H2,1-4H3,(H2,12,13,14). The lowest BCUT2D eigenvalue weighted by Gasteiger charge is -2.18. The second kappa shape index (κ2) is 5.68. The van der Waals surface area contributed by atoms with Crippen LogP contribution >= 0.6 is 0 Å². The third-order valence-corrected chi connectivity index (χ3v) is 1.85. The van der Waals surface area contributed by atoms with Crippen molar-refractivity contribution in [2.24, 2.45) is 0 Å². The Kier molecular flexibility index (Phi) is 4.47. The van der Waals surface area contributed by atoms with Crippen molar-refractivity contribution in [3.8, 4) is 0 Å². The molecule has 0 aliphatic carbocycles. The number of nitrogens with zero attached hydrogens (tertiary/aromatic N) is 3. The second-order valence-electron chi connectivity index (χ2n) is 4.76. The molecule has 0 aliphatic heterocycles. The van der Waals surface area contributed by atoms with Gasteiger partial charge in [0.15, 0.2) is 5.82 Å². The highest BCUT2D eigenvalue weighted by atomic mass is 16.6. The summed E-state index contributed by atoms with van der Waals surface area (Å²) in [4.78, 5) is 26.8. The average Bonchev–Trinajstić information content (AvgIpc) is 2.57. The number of esters is 1. The van der Waals surface area contributed by atoms with Crippen molar-refractivity contribution in [1.82, 2.24) is 14.8 Å². The van der Waals surface area contributed by atoms with Crippen LogP contribution < -0.4 is 5.73 Å². The lowest BCUT2D eigenvalue weighted by Crippen LogP contribution is -2.28. The highest BCUT2D eigenvalue weighted by Crippen LogP contribution is 2.10. The highest BCUT2D eigenvalue weighted by molar-refractivity contribution is 5.74. The number of nitrogen functional groups attached to an aromatic ring is 1. The van der Waals surface area contributed by atoms with E-state index in [9.17, 15) is 9.59 Å². The van der Waals surface area contributed by atoms with E-state index in [-0.39, 0.29) is 24.8 Å². The summed E-state index contributed by atoms with van der Waals surface area (Å²) in [5, 5.41) is 3.82. The van der Waals surface area contributed by atoms with Crippen LogP contribution in [0.15, 0.2) is 0 Å². The molecule has 8 heteroatoms. The fourth-order valence-corrected chi connectivity index (χ4v) is 1.22. The topological polar surface area (TPSA) is 109 Å². The van der Waals surface area contributed by atoms with E-state index >= 15 is 0 Å². The third-order valence-electron chi connectivity index (χ3n) is 1.85. The van der Waals surface area contributed by atoms with Crippen molar-refractivity contribution in [3.05, 3.63) is 5.82 Å². The molecule has 0 saturated carbocycles. The van der Waals surface area contributed by atoms with Crippen LogP contribution in [-0.2, 0) is 20.7 Å². The predicted molar refractivity (Wildman–Crippen MR) is 66.4 cm³/mol. The fourth-order valence-electron chi connectivity index (χ4n) is 1.22. The minimum atomic E-state index is -0.743. The van der Waals surface area contributed by atoms with Gasteiger partial charge in [-0.3, -0.25) is 4.79 Å². The first kappa shape index (κ1) is 14.9. The minimum Gasteiger partial charge on any atom is -0.466 e. The molecule has 0 amide bonds. The normalized spacial score (nSPS) is 11.2. The molecule has 0 aliphatic rings. The van der Waals surface area contributed by atoms with Crippen LogP contribution in [-0.4, -0.2) is 39.0 Å². The SMILES string of the molecule is CCOC(=O)Cc1nc(N)n(C(=O)OC(C)(C)C)n1. The van der Waals surface area contributed by atoms with Gasteiger partial charge in [0.1, 0.15) is 12.0 Å². The molecule has 1 aromatic rings. The molecule has 0 aromatic carbocycles. The second-order valence-corrected chi connectivity index (χ2v) is 4.76. The van der Waals surface area contributed by atoms with Crippen LogP contribution in [0, 0.1) is 0 Å². The molecule has 0 atom stereocenters. The molecule has 0 saturated heterocycles. The van der Waals surface area contributed by atoms with Gasteiger partial charge in [-0.25, -0.2) is 4.79 Å². The summed E-state index contributed by atoms with van der Waals surface area (Å²) in [6.45, 7) is 7.12. The first-order valence-corrected chi connectivity index (χ1v) is 5.83. The lowest BCUT2D eigenvalue weighted by atomic mass is 10.2. The van der Waals surface area contributed by atoms with Crippen molar-refractivity contribution in [3.63, 3.8) is 0 Å². The Bertz CT molecular complexity index is 476. The van der Waals surface area contributed by atoms with Gasteiger partial charge in [0.05, 0.1) is 6.61 Å². The van der Waals surface area contributed by atoms with Crippen LogP contribution in [0.3, 0.4) is 0 Å². The molecule has 106 valence electrons. The van der Waals surface area contributed by atoms with Gasteiger partial charge in [0, 0.05) is 0 Å². The molecule has 0 unspecified atom stereocenters. The quantitative estimate of drug-likeness (QED) is 0.807. The first-order chi connectivity index (χ1) is 8.73. The van der Waals surface area contributed by atoms with E-state index in [2.05, 4.69) is 10.1 Å². The molecule has 0 spiro atoms. The number of hydrogen-bond acceptors (Lipinski definition) is 7. The van der Waals surface area contributed by atoms with Crippen LogP contribution in [0.2, 0.25) is 0 Å². The number of ether oxygens (including phenoxy) is 2. The Morgan fingerprint density at radius 2 is 2.00 bits per heavy atom. The Morgan fingerprint density at radius 3 is 2.53 bits per heavy atom. The van der Waals surface area contributed by atoms with Gasteiger partial charge < -0.3 is 15.2 Å². The molecule has 1 aromatic heterocycles. The Labute approximate surface area is 110 Å². The van der Waals surface area contributed by atoms with Crippen LogP contribution in [0.1, 0.15) is 33.5 Å². The number of rotatable bonds is 3. The van der Waals surface area contributed by atoms with Gasteiger partial charge in [-0.15, -0.1) is 9.78 Å². The molecular formula is C11H18N4O4. The number of aromatic nitrogens is 3. The summed E-state index contributed by atoms with van der Waals surface area (Å²) in [5.74, 6) is -0.501. The summed E-state index contributed by atoms with van der Waals surface area (Å²) in [6, 6.07) is 0. The van der Waals surface area contributed by atoms with E-state index < -0.39 is 17.7 Å². The largest absolute Gasteiger partial charge is 0.466 e. The summed E-state index contributed by atoms with van der Waals surface area (Å²) in [5.41, 5.74) is 4.88. The highest BCUT2D eigenvalue weighted by Gasteiger charge is 2.22. The summed E-state index contributed by atoms with van der Waals surface area (Å²) in [6.07, 6.45) is -0.888. The first-order valence-electron chi connectivity index (χ1n) is 5.83. The van der Waals surface area contributed by atoms with Crippen molar-refractivity contribution < 1.29 is 19.1 Å². The van der Waals surface area contributed by atoms with Crippen LogP contribution in [0.5, 0.6) is 0 Å². The fraction of sp³-hybridized carbons (Fsp3) is 0.636. The molecule has 2 N–H and O–H groups in total. The zero-order valence-corrected chi connectivity index (χ0v) is 11.5. The molecule has 0 radical (unpaired) electrons. The van der Waals surface area contributed by atoms with E-state index in [1.165, 1.54) is 0 Å². The van der Waals surface area contributed by atoms with Gasteiger partial charge >= 0.3 is 12.1 Å². The third kappa shape index (κ3) is 4.57. The Hall–Kier alpha value is -2.12. The van der Waals surface area contributed by atoms with Gasteiger partial charge in [-0.05, 0) is 27.7 Å². The summed E-state index contributed by atoms with van der Waals surface area (Å²) < 4.78 is 10.7. The van der Waals surface area contributed by atoms with Crippen molar-refractivity contribution in [2.75, 3.05) is 12.3 Å². The molecular weight excluding hydrogens is 252 g/mol. The molecule has 1 rings (SSSR count). The predicted octanol–water partition coefficient (Wildman–Crippen LogP) is 0.749. The summed E-state index contributed by atoms with van der Waals surface area (Å²) >= 11 is 0. The molecule has 0 fully saturated rings. The van der Waals surface area contributed by atoms with Gasteiger partial charge in [0.2, 0.25) is 5.95 Å². The maximum absolute atomic E-state index is 11.7. The maximum Gasteiger partial charge on any atom is 0.438 e. The van der Waals surface area contributed by atoms with Gasteiger partial charge in [-0.2, -0.15) is 4.98 Å². The number of carbonyl (C=O) groups excluding carboxylic acids is 2. The number of anilines is 1.